The average molecular weight is 225 g/mol. The van der Waals surface area contributed by atoms with Crippen LogP contribution in [0.1, 0.15) is 18.9 Å². The maximum absolute atomic E-state index is 13.4. The van der Waals surface area contributed by atoms with Crippen LogP contribution in [0, 0.1) is 5.82 Å². The van der Waals surface area contributed by atoms with E-state index in [9.17, 15) is 9.18 Å². The summed E-state index contributed by atoms with van der Waals surface area (Å²) in [6, 6.07) is 4.70. The van der Waals surface area contributed by atoms with Crippen LogP contribution in [0.25, 0.3) is 0 Å². The third kappa shape index (κ3) is 2.95. The Morgan fingerprint density at radius 3 is 2.69 bits per heavy atom. The van der Waals surface area contributed by atoms with Crippen LogP contribution < -0.4 is 4.74 Å². The summed E-state index contributed by atoms with van der Waals surface area (Å²) >= 11 is 0. The number of nitrogens with zero attached hydrogens (tertiary/aromatic N) is 1. The molecule has 16 heavy (non-hydrogen) atoms. The van der Waals surface area contributed by atoms with Crippen LogP contribution in [0.4, 0.5) is 4.39 Å². The third-order valence-corrected chi connectivity index (χ3v) is 2.36. The van der Waals surface area contributed by atoms with Crippen molar-refractivity contribution in [2.24, 2.45) is 0 Å². The van der Waals surface area contributed by atoms with E-state index in [1.165, 1.54) is 13.2 Å². The number of carbonyl (C=O) groups excluding carboxylic acids is 1. The van der Waals surface area contributed by atoms with Crippen molar-refractivity contribution in [1.29, 1.82) is 0 Å². The molecule has 0 atom stereocenters. The monoisotopic (exact) mass is 225 g/mol. The van der Waals surface area contributed by atoms with E-state index in [2.05, 4.69) is 0 Å². The van der Waals surface area contributed by atoms with Gasteiger partial charge in [0.05, 0.1) is 7.11 Å². The normalized spacial score (nSPS) is 10.0. The van der Waals surface area contributed by atoms with Crippen LogP contribution in [-0.4, -0.2) is 25.0 Å². The number of halogens is 1. The summed E-state index contributed by atoms with van der Waals surface area (Å²) < 4.78 is 18.2. The first-order valence-corrected chi connectivity index (χ1v) is 5.14. The minimum absolute atomic E-state index is 0.0382. The van der Waals surface area contributed by atoms with Gasteiger partial charge in [-0.05, 0) is 17.7 Å². The lowest BCUT2D eigenvalue weighted by Gasteiger charge is -2.16. The molecule has 1 aromatic rings. The van der Waals surface area contributed by atoms with E-state index in [1.54, 1.807) is 31.0 Å². The van der Waals surface area contributed by atoms with Crippen molar-refractivity contribution in [3.8, 4) is 5.75 Å². The predicted molar refractivity (Wildman–Crippen MR) is 59.7 cm³/mol. The number of benzene rings is 1. The molecule has 0 heterocycles. The summed E-state index contributed by atoms with van der Waals surface area (Å²) in [7, 11) is 3.12. The zero-order valence-corrected chi connectivity index (χ0v) is 9.79. The summed E-state index contributed by atoms with van der Waals surface area (Å²) in [6.45, 7) is 2.21. The first kappa shape index (κ1) is 12.5. The molecule has 0 aliphatic heterocycles. The summed E-state index contributed by atoms with van der Waals surface area (Å²) in [5.41, 5.74) is 0.752. The van der Waals surface area contributed by atoms with Gasteiger partial charge in [0.1, 0.15) is 0 Å². The number of methoxy groups -OCH3 is 1. The summed E-state index contributed by atoms with van der Waals surface area (Å²) in [5, 5.41) is 0. The van der Waals surface area contributed by atoms with Crippen LogP contribution in [0.5, 0.6) is 5.75 Å². The second kappa shape index (κ2) is 5.49. The van der Waals surface area contributed by atoms with E-state index >= 15 is 0 Å². The van der Waals surface area contributed by atoms with Crippen LogP contribution in [0.3, 0.4) is 0 Å². The fraction of sp³-hybridized carbons (Fsp3) is 0.417. The Hall–Kier alpha value is -1.58. The lowest BCUT2D eigenvalue weighted by Crippen LogP contribution is -2.25. The number of rotatable bonds is 4. The zero-order valence-electron chi connectivity index (χ0n) is 9.79. The molecule has 88 valence electrons. The van der Waals surface area contributed by atoms with E-state index in [-0.39, 0.29) is 11.7 Å². The van der Waals surface area contributed by atoms with Crippen molar-refractivity contribution in [3.05, 3.63) is 29.6 Å². The van der Waals surface area contributed by atoms with Gasteiger partial charge in [-0.15, -0.1) is 0 Å². The minimum atomic E-state index is -0.405. The molecule has 4 heteroatoms. The van der Waals surface area contributed by atoms with E-state index in [0.717, 1.165) is 5.56 Å². The molecule has 0 radical (unpaired) electrons. The highest BCUT2D eigenvalue weighted by Gasteiger charge is 2.08. The molecule has 0 aromatic heterocycles. The molecule has 3 nitrogen and oxygen atoms in total. The van der Waals surface area contributed by atoms with Gasteiger partial charge in [-0.25, -0.2) is 4.39 Å². The van der Waals surface area contributed by atoms with Crippen molar-refractivity contribution in [2.45, 2.75) is 19.9 Å². The molecule has 1 aromatic carbocycles. The molecular weight excluding hydrogens is 209 g/mol. The molecule has 1 rings (SSSR count). The molecule has 1 amide bonds. The molecule has 0 saturated carbocycles. The molecular formula is C12H16FNO2. The van der Waals surface area contributed by atoms with E-state index < -0.39 is 5.82 Å². The van der Waals surface area contributed by atoms with Crippen LogP contribution >= 0.6 is 0 Å². The molecule has 0 spiro atoms. The van der Waals surface area contributed by atoms with E-state index in [1.807, 2.05) is 0 Å². The van der Waals surface area contributed by atoms with Crippen LogP contribution in [0.2, 0.25) is 0 Å². The van der Waals surface area contributed by atoms with Gasteiger partial charge in [0.2, 0.25) is 5.91 Å². The Kier molecular flexibility index (Phi) is 4.28. The fourth-order valence-electron chi connectivity index (χ4n) is 1.44. The first-order chi connectivity index (χ1) is 7.58. The third-order valence-electron chi connectivity index (χ3n) is 2.36. The fourth-order valence-corrected chi connectivity index (χ4v) is 1.44. The van der Waals surface area contributed by atoms with Gasteiger partial charge in [0, 0.05) is 20.0 Å². The standard InChI is InChI=1S/C12H16FNO2/c1-4-12(15)14(2)8-9-5-6-11(16-3)10(13)7-9/h5-7H,4,8H2,1-3H3. The summed E-state index contributed by atoms with van der Waals surface area (Å²) in [4.78, 5) is 12.9. The highest BCUT2D eigenvalue weighted by atomic mass is 19.1. The first-order valence-electron chi connectivity index (χ1n) is 5.14. The Bertz CT molecular complexity index is 379. The van der Waals surface area contributed by atoms with Crippen molar-refractivity contribution < 1.29 is 13.9 Å². The quantitative estimate of drug-likeness (QED) is 0.786. The van der Waals surface area contributed by atoms with Crippen molar-refractivity contribution >= 4 is 5.91 Å². The molecule has 0 unspecified atom stereocenters. The minimum Gasteiger partial charge on any atom is -0.494 e. The smallest absolute Gasteiger partial charge is 0.222 e. The molecule has 0 saturated heterocycles. The largest absolute Gasteiger partial charge is 0.494 e. The van der Waals surface area contributed by atoms with Crippen LogP contribution in [0.15, 0.2) is 18.2 Å². The van der Waals surface area contributed by atoms with Crippen molar-refractivity contribution in [1.82, 2.24) is 4.90 Å². The van der Waals surface area contributed by atoms with Gasteiger partial charge >= 0.3 is 0 Å². The highest BCUT2D eigenvalue weighted by Crippen LogP contribution is 2.18. The number of hydrogen-bond donors (Lipinski definition) is 0. The maximum Gasteiger partial charge on any atom is 0.222 e. The van der Waals surface area contributed by atoms with Gasteiger partial charge in [0.25, 0.3) is 0 Å². The Balaban J connectivity index is 2.75. The summed E-state index contributed by atoms with van der Waals surface area (Å²) in [5.74, 6) is -0.151. The lowest BCUT2D eigenvalue weighted by molar-refractivity contribution is -0.130. The number of ether oxygens (including phenoxy) is 1. The molecule has 0 N–H and O–H groups in total. The van der Waals surface area contributed by atoms with E-state index in [4.69, 9.17) is 4.74 Å². The molecule has 0 aliphatic carbocycles. The van der Waals surface area contributed by atoms with Crippen LogP contribution in [-0.2, 0) is 11.3 Å². The number of hydrogen-bond acceptors (Lipinski definition) is 2. The van der Waals surface area contributed by atoms with Gasteiger partial charge in [0.15, 0.2) is 11.6 Å². The number of amides is 1. The Labute approximate surface area is 94.8 Å². The molecule has 0 aliphatic rings. The SMILES string of the molecule is CCC(=O)N(C)Cc1ccc(OC)c(F)c1. The molecule has 0 bridgehead atoms. The Morgan fingerprint density at radius 2 is 2.19 bits per heavy atom. The second-order valence-corrected chi connectivity index (χ2v) is 3.57. The van der Waals surface area contributed by atoms with E-state index in [0.29, 0.717) is 13.0 Å². The number of carbonyl (C=O) groups is 1. The van der Waals surface area contributed by atoms with Gasteiger partial charge < -0.3 is 9.64 Å². The Morgan fingerprint density at radius 1 is 1.50 bits per heavy atom. The van der Waals surface area contributed by atoms with Gasteiger partial charge in [-0.1, -0.05) is 13.0 Å². The topological polar surface area (TPSA) is 29.5 Å². The van der Waals surface area contributed by atoms with Gasteiger partial charge in [-0.2, -0.15) is 0 Å². The van der Waals surface area contributed by atoms with Crippen molar-refractivity contribution in [3.63, 3.8) is 0 Å². The lowest BCUT2D eigenvalue weighted by atomic mass is 10.2. The zero-order chi connectivity index (χ0) is 12.1. The maximum atomic E-state index is 13.4. The van der Waals surface area contributed by atoms with Crippen molar-refractivity contribution in [2.75, 3.05) is 14.2 Å². The predicted octanol–water partition coefficient (Wildman–Crippen LogP) is 2.20. The molecule has 0 fully saturated rings. The average Bonchev–Trinajstić information content (AvgIpc) is 2.28. The van der Waals surface area contributed by atoms with Gasteiger partial charge in [-0.3, -0.25) is 4.79 Å². The highest BCUT2D eigenvalue weighted by molar-refractivity contribution is 5.75. The second-order valence-electron chi connectivity index (χ2n) is 3.57. The summed E-state index contributed by atoms with van der Waals surface area (Å²) in [6.07, 6.45) is 0.454.